The van der Waals surface area contributed by atoms with Gasteiger partial charge in [-0.25, -0.2) is 0 Å². The first-order valence-corrected chi connectivity index (χ1v) is 7.31. The van der Waals surface area contributed by atoms with Gasteiger partial charge in [-0.15, -0.1) is 0 Å². The van der Waals surface area contributed by atoms with E-state index in [4.69, 9.17) is 19.2 Å². The van der Waals surface area contributed by atoms with Gasteiger partial charge in [0.2, 0.25) is 17.5 Å². The molecule has 0 radical (unpaired) electrons. The number of oxazole rings is 1. The Morgan fingerprint density at radius 1 is 1.26 bits per heavy atom. The number of nitriles is 1. The average molecular weight is 311 g/mol. The monoisotopic (exact) mass is 311 g/mol. The van der Waals surface area contributed by atoms with Gasteiger partial charge < -0.3 is 19.2 Å². The van der Waals surface area contributed by atoms with E-state index in [1.54, 1.807) is 20.3 Å². The Morgan fingerprint density at radius 2 is 2.04 bits per heavy atom. The predicted octanol–water partition coefficient (Wildman–Crippen LogP) is 3.31. The fourth-order valence-corrected chi connectivity index (χ4v) is 2.12. The molecular weight excluding hydrogens is 294 g/mol. The number of benzene rings is 1. The largest absolute Gasteiger partial charge is 0.493 e. The molecule has 1 aromatic heterocycles. The van der Waals surface area contributed by atoms with Gasteiger partial charge in [0.05, 0.1) is 14.2 Å². The third-order valence-electron chi connectivity index (χ3n) is 3.49. The second-order valence-electron chi connectivity index (χ2n) is 5.21. The van der Waals surface area contributed by atoms with E-state index < -0.39 is 0 Å². The maximum absolute atomic E-state index is 9.11. The molecule has 23 heavy (non-hydrogen) atoms. The maximum atomic E-state index is 9.11. The SMILES string of the molecule is COc1ccc(/C=C/c2nc(C#N)c(NC3CC3)o2)cc1OC. The molecule has 1 saturated carbocycles. The molecule has 0 saturated heterocycles. The van der Waals surface area contributed by atoms with E-state index in [1.807, 2.05) is 30.3 Å². The summed E-state index contributed by atoms with van der Waals surface area (Å²) in [6, 6.07) is 8.02. The molecule has 0 bridgehead atoms. The summed E-state index contributed by atoms with van der Waals surface area (Å²) >= 11 is 0. The summed E-state index contributed by atoms with van der Waals surface area (Å²) in [5.74, 6) is 2.15. The van der Waals surface area contributed by atoms with E-state index in [-0.39, 0.29) is 5.69 Å². The average Bonchev–Trinajstić information content (AvgIpc) is 3.31. The van der Waals surface area contributed by atoms with Crippen LogP contribution < -0.4 is 14.8 Å². The molecule has 6 nitrogen and oxygen atoms in total. The van der Waals surface area contributed by atoms with E-state index in [0.717, 1.165) is 18.4 Å². The van der Waals surface area contributed by atoms with Gasteiger partial charge in [0.1, 0.15) is 6.07 Å². The molecule has 1 aliphatic rings. The lowest BCUT2D eigenvalue weighted by Crippen LogP contribution is -2.00. The molecule has 0 atom stereocenters. The van der Waals surface area contributed by atoms with Crippen LogP contribution in [0.3, 0.4) is 0 Å². The van der Waals surface area contributed by atoms with Gasteiger partial charge in [0, 0.05) is 12.1 Å². The molecule has 0 spiro atoms. The summed E-state index contributed by atoms with van der Waals surface area (Å²) in [7, 11) is 3.19. The Hall–Kier alpha value is -2.94. The Morgan fingerprint density at radius 3 is 2.70 bits per heavy atom. The number of rotatable bonds is 6. The number of hydrogen-bond donors (Lipinski definition) is 1. The number of aromatic nitrogens is 1. The number of nitrogens with zero attached hydrogens (tertiary/aromatic N) is 2. The smallest absolute Gasteiger partial charge is 0.232 e. The second-order valence-corrected chi connectivity index (χ2v) is 5.21. The Bertz CT molecular complexity index is 770. The van der Waals surface area contributed by atoms with Crippen LogP contribution in [0.2, 0.25) is 0 Å². The summed E-state index contributed by atoms with van der Waals surface area (Å²) in [4.78, 5) is 4.17. The van der Waals surface area contributed by atoms with E-state index in [2.05, 4.69) is 10.3 Å². The number of methoxy groups -OCH3 is 2. The van der Waals surface area contributed by atoms with Crippen molar-refractivity contribution in [1.82, 2.24) is 4.98 Å². The van der Waals surface area contributed by atoms with Crippen LogP contribution in [-0.2, 0) is 0 Å². The highest BCUT2D eigenvalue weighted by atomic mass is 16.5. The highest BCUT2D eigenvalue weighted by Gasteiger charge is 2.24. The van der Waals surface area contributed by atoms with Crippen molar-refractivity contribution in [2.75, 3.05) is 19.5 Å². The van der Waals surface area contributed by atoms with Crippen LogP contribution in [0, 0.1) is 11.3 Å². The molecule has 1 aliphatic carbocycles. The minimum atomic E-state index is 0.281. The zero-order valence-electron chi connectivity index (χ0n) is 13.0. The first kappa shape index (κ1) is 15.0. The lowest BCUT2D eigenvalue weighted by atomic mass is 10.2. The molecule has 1 fully saturated rings. The summed E-state index contributed by atoms with van der Waals surface area (Å²) in [6.07, 6.45) is 5.76. The van der Waals surface area contributed by atoms with Crippen molar-refractivity contribution in [3.63, 3.8) is 0 Å². The van der Waals surface area contributed by atoms with Crippen LogP contribution in [0.1, 0.15) is 30.0 Å². The van der Waals surface area contributed by atoms with Crippen molar-refractivity contribution < 1.29 is 13.9 Å². The van der Waals surface area contributed by atoms with Crippen molar-refractivity contribution in [3.05, 3.63) is 35.3 Å². The van der Waals surface area contributed by atoms with Crippen molar-refractivity contribution >= 4 is 18.0 Å². The van der Waals surface area contributed by atoms with Gasteiger partial charge in [-0.1, -0.05) is 6.07 Å². The quantitative estimate of drug-likeness (QED) is 0.881. The van der Waals surface area contributed by atoms with Crippen LogP contribution in [0.4, 0.5) is 5.88 Å². The molecule has 0 unspecified atom stereocenters. The lowest BCUT2D eigenvalue weighted by molar-refractivity contribution is 0.355. The summed E-state index contributed by atoms with van der Waals surface area (Å²) in [5.41, 5.74) is 1.19. The zero-order chi connectivity index (χ0) is 16.2. The van der Waals surface area contributed by atoms with Gasteiger partial charge >= 0.3 is 0 Å². The summed E-state index contributed by atoms with van der Waals surface area (Å²) in [6.45, 7) is 0. The maximum Gasteiger partial charge on any atom is 0.232 e. The Balaban J connectivity index is 1.79. The molecule has 1 aromatic carbocycles. The van der Waals surface area contributed by atoms with Crippen LogP contribution in [0.5, 0.6) is 11.5 Å². The summed E-state index contributed by atoms with van der Waals surface area (Å²) in [5, 5.41) is 12.3. The third-order valence-corrected chi connectivity index (χ3v) is 3.49. The van der Waals surface area contributed by atoms with Gasteiger partial charge in [-0.05, 0) is 36.6 Å². The molecule has 2 aromatic rings. The van der Waals surface area contributed by atoms with Crippen LogP contribution in [0.25, 0.3) is 12.2 Å². The first-order chi connectivity index (χ1) is 11.2. The van der Waals surface area contributed by atoms with Crippen LogP contribution >= 0.6 is 0 Å². The number of anilines is 1. The predicted molar refractivity (Wildman–Crippen MR) is 86.3 cm³/mol. The minimum Gasteiger partial charge on any atom is -0.493 e. The molecule has 3 rings (SSSR count). The number of hydrogen-bond acceptors (Lipinski definition) is 6. The van der Waals surface area contributed by atoms with Crippen molar-refractivity contribution in [3.8, 4) is 17.6 Å². The lowest BCUT2D eigenvalue weighted by Gasteiger charge is -2.07. The van der Waals surface area contributed by atoms with Crippen molar-refractivity contribution in [1.29, 1.82) is 5.26 Å². The summed E-state index contributed by atoms with van der Waals surface area (Å²) < 4.78 is 16.1. The van der Waals surface area contributed by atoms with Gasteiger partial charge in [0.15, 0.2) is 11.5 Å². The van der Waals surface area contributed by atoms with Gasteiger partial charge in [-0.2, -0.15) is 10.2 Å². The molecule has 1 heterocycles. The van der Waals surface area contributed by atoms with E-state index in [0.29, 0.717) is 29.3 Å². The standard InChI is InChI=1S/C17H17N3O3/c1-21-14-7-3-11(9-15(14)22-2)4-8-16-20-13(10-18)17(23-16)19-12-5-6-12/h3-4,7-9,12,19H,5-6H2,1-2H3/b8-4+. The van der Waals surface area contributed by atoms with Crippen LogP contribution in [-0.4, -0.2) is 25.2 Å². The highest BCUT2D eigenvalue weighted by Crippen LogP contribution is 2.29. The fourth-order valence-electron chi connectivity index (χ4n) is 2.12. The molecule has 1 N–H and O–H groups in total. The molecule has 6 heteroatoms. The van der Waals surface area contributed by atoms with E-state index in [9.17, 15) is 0 Å². The second kappa shape index (κ2) is 6.44. The van der Waals surface area contributed by atoms with E-state index in [1.165, 1.54) is 0 Å². The van der Waals surface area contributed by atoms with Gasteiger partial charge in [-0.3, -0.25) is 0 Å². The Kier molecular flexibility index (Phi) is 4.20. The number of nitrogens with one attached hydrogen (secondary N) is 1. The van der Waals surface area contributed by atoms with Crippen molar-refractivity contribution in [2.24, 2.45) is 0 Å². The van der Waals surface area contributed by atoms with Crippen LogP contribution in [0.15, 0.2) is 22.6 Å². The number of ether oxygens (including phenoxy) is 2. The Labute approximate surface area is 134 Å². The van der Waals surface area contributed by atoms with Gasteiger partial charge in [0.25, 0.3) is 0 Å². The first-order valence-electron chi connectivity index (χ1n) is 7.31. The third kappa shape index (κ3) is 3.46. The topological polar surface area (TPSA) is 80.3 Å². The highest BCUT2D eigenvalue weighted by molar-refractivity contribution is 5.69. The molecular formula is C17H17N3O3. The zero-order valence-corrected chi connectivity index (χ0v) is 13.0. The molecule has 0 aliphatic heterocycles. The van der Waals surface area contributed by atoms with Crippen molar-refractivity contribution in [2.45, 2.75) is 18.9 Å². The molecule has 118 valence electrons. The minimum absolute atomic E-state index is 0.281. The normalized spacial score (nSPS) is 13.8. The van der Waals surface area contributed by atoms with E-state index >= 15 is 0 Å². The molecule has 0 amide bonds. The fraction of sp³-hybridized carbons (Fsp3) is 0.294.